The lowest BCUT2D eigenvalue weighted by atomic mass is 9.96. The molecule has 9 rings (SSSR count). The highest BCUT2D eigenvalue weighted by Crippen LogP contribution is 2.40. The summed E-state index contributed by atoms with van der Waals surface area (Å²) in [4.78, 5) is 48.3. The highest BCUT2D eigenvalue weighted by Gasteiger charge is 2.45. The minimum Gasteiger partial charge on any atom is -0.467 e. The normalized spacial score (nSPS) is 17.2. The molecule has 66 heavy (non-hydrogen) atoms. The number of fused-ring (bicyclic) bond motifs is 4. The molecule has 5 heterocycles. The van der Waals surface area contributed by atoms with Gasteiger partial charge in [-0.1, -0.05) is 30.2 Å². The van der Waals surface area contributed by atoms with E-state index in [1.165, 1.54) is 37.6 Å². The van der Waals surface area contributed by atoms with E-state index in [0.717, 1.165) is 36.1 Å². The third kappa shape index (κ3) is 8.51. The van der Waals surface area contributed by atoms with Crippen molar-refractivity contribution >= 4 is 49.5 Å². The Kier molecular flexibility index (Phi) is 11.7. The van der Waals surface area contributed by atoms with Gasteiger partial charge in [0.1, 0.15) is 47.1 Å². The summed E-state index contributed by atoms with van der Waals surface area (Å²) in [5.74, 6) is 1.15. The standard InChI is InChI=1S/C46H45F2N9O8S/c1-6-31-35(47)17-12-26-8-7-9-33(37(26)31)39-38(48)40-34(21-50-39)42(55-22-28-13-14-29(23-55)57(28)45(59)65-46(2,3)4)53-44(52-40)63-19-18-49-43(58)32-16-15-30(20-36(32)64-25-62-5)66(60,61)56-24-51-41(54-56)27-10-11-27/h1,7-9,12,15-17,20-21,24,27-29H,10-11,13-14,18-19,22-23,25H2,2-5H3,(H,49,58). The van der Waals surface area contributed by atoms with Gasteiger partial charge < -0.3 is 29.2 Å². The van der Waals surface area contributed by atoms with Crippen molar-refractivity contribution in [3.05, 3.63) is 89.6 Å². The van der Waals surface area contributed by atoms with E-state index >= 15 is 8.78 Å². The number of anilines is 1. The van der Waals surface area contributed by atoms with E-state index in [1.807, 2.05) is 25.7 Å². The van der Waals surface area contributed by atoms with Crippen molar-refractivity contribution < 1.29 is 45.7 Å². The molecule has 3 aliphatic rings. The average Bonchev–Trinajstić information content (AvgIpc) is 3.95. The van der Waals surface area contributed by atoms with Crippen LogP contribution in [0.3, 0.4) is 0 Å². The number of nitrogens with one attached hydrogen (secondary N) is 1. The van der Waals surface area contributed by atoms with Crippen LogP contribution in [0.25, 0.3) is 32.9 Å². The van der Waals surface area contributed by atoms with Crippen molar-refractivity contribution in [2.45, 2.75) is 75.0 Å². The number of methoxy groups -OCH3 is 1. The number of pyridine rings is 1. The molecule has 0 radical (unpaired) electrons. The molecule has 342 valence electrons. The Hall–Kier alpha value is -6.98. The molecule has 2 unspecified atom stereocenters. The van der Waals surface area contributed by atoms with Gasteiger partial charge in [-0.2, -0.15) is 18.4 Å². The number of benzene rings is 3. The van der Waals surface area contributed by atoms with Crippen molar-refractivity contribution in [2.75, 3.05) is 45.0 Å². The van der Waals surface area contributed by atoms with Crippen LogP contribution in [0.4, 0.5) is 19.4 Å². The van der Waals surface area contributed by atoms with Crippen LogP contribution < -0.4 is 19.7 Å². The Bertz CT molecular complexity index is 3050. The fourth-order valence-corrected chi connectivity index (χ4v) is 9.48. The number of aromatic nitrogens is 6. The monoisotopic (exact) mass is 921 g/mol. The molecule has 2 atom stereocenters. The number of piperazine rings is 1. The highest BCUT2D eigenvalue weighted by atomic mass is 32.2. The number of rotatable bonds is 13. The van der Waals surface area contributed by atoms with Gasteiger partial charge in [-0.3, -0.25) is 14.7 Å². The van der Waals surface area contributed by atoms with Crippen LogP contribution in [0, 0.1) is 24.0 Å². The Morgan fingerprint density at radius 2 is 1.76 bits per heavy atom. The fraction of sp³-hybridized carbons (Fsp3) is 0.370. The fourth-order valence-electron chi connectivity index (χ4n) is 8.40. The second-order valence-electron chi connectivity index (χ2n) is 17.2. The predicted octanol–water partition coefficient (Wildman–Crippen LogP) is 6.19. The van der Waals surface area contributed by atoms with Gasteiger partial charge in [0.25, 0.3) is 15.9 Å². The molecule has 3 fully saturated rings. The van der Waals surface area contributed by atoms with E-state index in [4.69, 9.17) is 30.4 Å². The van der Waals surface area contributed by atoms with Gasteiger partial charge in [0.05, 0.1) is 40.0 Å². The Labute approximate surface area is 378 Å². The van der Waals surface area contributed by atoms with E-state index in [2.05, 4.69) is 31.3 Å². The number of hydrogen-bond donors (Lipinski definition) is 1. The van der Waals surface area contributed by atoms with Crippen LogP contribution in [0.5, 0.6) is 11.8 Å². The SMILES string of the molecule is C#Cc1c(F)ccc2cccc(-c3ncc4c(N5CC6CCC(C5)N6C(=O)OC(C)(C)C)nc(OCCNC(=O)c5ccc(S(=O)(=O)n6cnc(C7CC7)n6)cc5OCOC)nc4c3F)c12. The van der Waals surface area contributed by atoms with Gasteiger partial charge in [0.15, 0.2) is 18.4 Å². The summed E-state index contributed by atoms with van der Waals surface area (Å²) < 4.78 is 82.2. The second-order valence-corrected chi connectivity index (χ2v) is 19.0. The third-order valence-corrected chi connectivity index (χ3v) is 13.1. The van der Waals surface area contributed by atoms with Crippen LogP contribution in [-0.4, -0.2) is 112 Å². The maximum absolute atomic E-state index is 17.1. The largest absolute Gasteiger partial charge is 0.467 e. The van der Waals surface area contributed by atoms with Gasteiger partial charge in [-0.15, -0.1) is 15.6 Å². The van der Waals surface area contributed by atoms with Crippen LogP contribution in [0.1, 0.15) is 74.1 Å². The second kappa shape index (κ2) is 17.4. The summed E-state index contributed by atoms with van der Waals surface area (Å²) in [7, 11) is -2.79. The van der Waals surface area contributed by atoms with Crippen LogP contribution in [-0.2, 0) is 19.5 Å². The third-order valence-electron chi connectivity index (χ3n) is 11.5. The lowest BCUT2D eigenvalue weighted by Gasteiger charge is -2.42. The van der Waals surface area contributed by atoms with E-state index in [9.17, 15) is 18.0 Å². The van der Waals surface area contributed by atoms with Crippen LogP contribution >= 0.6 is 0 Å². The minimum absolute atomic E-state index is 0.0102. The molecule has 20 heteroatoms. The first-order chi connectivity index (χ1) is 31.6. The summed E-state index contributed by atoms with van der Waals surface area (Å²) in [6.45, 7) is 5.58. The smallest absolute Gasteiger partial charge is 0.410 e. The number of terminal acetylenes is 1. The van der Waals surface area contributed by atoms with E-state index in [0.29, 0.717) is 35.5 Å². The topological polar surface area (TPSA) is 193 Å². The number of carbonyl (C=O) groups is 2. The minimum atomic E-state index is -4.17. The maximum atomic E-state index is 17.1. The number of nitrogens with zero attached hydrogens (tertiary/aromatic N) is 8. The number of carbonyl (C=O) groups excluding carboxylic acids is 2. The van der Waals surface area contributed by atoms with Crippen molar-refractivity contribution in [3.63, 3.8) is 0 Å². The van der Waals surface area contributed by atoms with Crippen LogP contribution in [0.15, 0.2) is 66.0 Å². The van der Waals surface area contributed by atoms with E-state index in [-0.39, 0.29) is 87.9 Å². The Morgan fingerprint density at radius 3 is 2.47 bits per heavy atom. The summed E-state index contributed by atoms with van der Waals surface area (Å²) in [5.41, 5.74) is -0.712. The Morgan fingerprint density at radius 1 is 0.985 bits per heavy atom. The van der Waals surface area contributed by atoms with Crippen molar-refractivity contribution in [1.29, 1.82) is 0 Å². The van der Waals surface area contributed by atoms with Gasteiger partial charge >= 0.3 is 12.1 Å². The zero-order valence-corrected chi connectivity index (χ0v) is 37.3. The average molecular weight is 922 g/mol. The molecule has 1 N–H and O–H groups in total. The first kappa shape index (κ1) is 44.2. The summed E-state index contributed by atoms with van der Waals surface area (Å²) in [5, 5.41) is 8.05. The highest BCUT2D eigenvalue weighted by molar-refractivity contribution is 7.89. The molecule has 17 nitrogen and oxygen atoms in total. The zero-order valence-electron chi connectivity index (χ0n) is 36.5. The van der Waals surface area contributed by atoms with Crippen molar-refractivity contribution in [3.8, 4) is 35.4 Å². The van der Waals surface area contributed by atoms with Gasteiger partial charge in [-0.05, 0) is 70.0 Å². The maximum Gasteiger partial charge on any atom is 0.410 e. The van der Waals surface area contributed by atoms with E-state index in [1.54, 1.807) is 29.2 Å². The lowest BCUT2D eigenvalue weighted by Crippen LogP contribution is -2.57. The summed E-state index contributed by atoms with van der Waals surface area (Å²) in [6, 6.07) is 11.0. The van der Waals surface area contributed by atoms with Crippen molar-refractivity contribution in [2.24, 2.45) is 0 Å². The molecule has 2 aliphatic heterocycles. The zero-order chi connectivity index (χ0) is 46.5. The first-order valence-electron chi connectivity index (χ1n) is 21.3. The molecule has 6 aromatic rings. The number of amides is 2. The summed E-state index contributed by atoms with van der Waals surface area (Å²) in [6.07, 6.45) is 11.2. The van der Waals surface area contributed by atoms with Crippen molar-refractivity contribution in [1.82, 2.24) is 39.3 Å². The van der Waals surface area contributed by atoms with Gasteiger partial charge in [0.2, 0.25) is 0 Å². The number of ether oxygens (including phenoxy) is 4. The molecule has 2 saturated heterocycles. The quantitative estimate of drug-likeness (QED) is 0.0783. The van der Waals surface area contributed by atoms with Crippen LogP contribution in [0.2, 0.25) is 0 Å². The molecule has 2 amide bonds. The van der Waals surface area contributed by atoms with E-state index < -0.39 is 39.3 Å². The first-order valence-corrected chi connectivity index (χ1v) is 22.7. The van der Waals surface area contributed by atoms with Gasteiger partial charge in [-0.25, -0.2) is 18.6 Å². The summed E-state index contributed by atoms with van der Waals surface area (Å²) >= 11 is 0. The number of hydrogen-bond acceptors (Lipinski definition) is 14. The molecular formula is C46H45F2N9O8S. The number of halogens is 2. The molecular weight excluding hydrogens is 877 g/mol. The molecule has 1 saturated carbocycles. The predicted molar refractivity (Wildman–Crippen MR) is 237 cm³/mol. The lowest BCUT2D eigenvalue weighted by molar-refractivity contribution is 0.0122. The molecule has 2 bridgehead atoms. The molecule has 3 aromatic heterocycles. The van der Waals surface area contributed by atoms with Gasteiger partial charge in [0, 0.05) is 49.3 Å². The molecule has 1 aliphatic carbocycles. The Balaban J connectivity index is 0.997. The molecule has 0 spiro atoms. The molecule has 3 aromatic carbocycles.